The Morgan fingerprint density at radius 1 is 1.42 bits per heavy atom. The Morgan fingerprint density at radius 3 is 2.33 bits per heavy atom. The standard InChI is InChI=1S/C5H6O5S2/c6-5(7)4-3(1-2-11-4)12(8,9)10/h1-2,5-7H,(H,8,9,10). The van der Waals surface area contributed by atoms with E-state index in [0.29, 0.717) is 0 Å². The average molecular weight is 210 g/mol. The lowest BCUT2D eigenvalue weighted by Gasteiger charge is -2.01. The minimum Gasteiger partial charge on any atom is -0.364 e. The maximum Gasteiger partial charge on any atom is 0.295 e. The van der Waals surface area contributed by atoms with E-state index in [2.05, 4.69) is 0 Å². The first-order chi connectivity index (χ1) is 5.43. The van der Waals surface area contributed by atoms with Crippen LogP contribution in [0.1, 0.15) is 11.2 Å². The molecule has 1 heterocycles. The maximum absolute atomic E-state index is 10.6. The zero-order chi connectivity index (χ0) is 9.35. The summed E-state index contributed by atoms with van der Waals surface area (Å²) in [5.74, 6) is 0. The minimum atomic E-state index is -4.34. The summed E-state index contributed by atoms with van der Waals surface area (Å²) < 4.78 is 29.7. The van der Waals surface area contributed by atoms with Crippen molar-refractivity contribution in [3.63, 3.8) is 0 Å². The first-order valence-corrected chi connectivity index (χ1v) is 5.16. The molecule has 0 aliphatic rings. The third-order valence-corrected chi connectivity index (χ3v) is 3.17. The van der Waals surface area contributed by atoms with Crippen LogP contribution in [0.5, 0.6) is 0 Å². The van der Waals surface area contributed by atoms with Crippen LogP contribution in [-0.2, 0) is 10.1 Å². The fourth-order valence-electron chi connectivity index (χ4n) is 0.711. The summed E-state index contributed by atoms with van der Waals surface area (Å²) >= 11 is 0.845. The highest BCUT2D eigenvalue weighted by Gasteiger charge is 2.20. The molecule has 1 aromatic rings. The van der Waals surface area contributed by atoms with Crippen molar-refractivity contribution in [3.05, 3.63) is 16.3 Å². The Kier molecular flexibility index (Phi) is 2.49. The molecule has 0 saturated carbocycles. The van der Waals surface area contributed by atoms with Gasteiger partial charge in [0.1, 0.15) is 4.90 Å². The molecule has 0 radical (unpaired) electrons. The van der Waals surface area contributed by atoms with Crippen LogP contribution in [0.15, 0.2) is 16.3 Å². The number of aliphatic hydroxyl groups is 2. The molecule has 12 heavy (non-hydrogen) atoms. The van der Waals surface area contributed by atoms with Crippen molar-refractivity contribution >= 4 is 21.5 Å². The van der Waals surface area contributed by atoms with E-state index in [-0.39, 0.29) is 4.88 Å². The topological polar surface area (TPSA) is 94.8 Å². The summed E-state index contributed by atoms with van der Waals surface area (Å²) in [5, 5.41) is 18.6. The van der Waals surface area contributed by atoms with Gasteiger partial charge in [-0.15, -0.1) is 11.3 Å². The van der Waals surface area contributed by atoms with Gasteiger partial charge < -0.3 is 10.2 Å². The second-order valence-corrected chi connectivity index (χ2v) is 4.34. The maximum atomic E-state index is 10.6. The van der Waals surface area contributed by atoms with Crippen LogP contribution in [0.2, 0.25) is 0 Å². The lowest BCUT2D eigenvalue weighted by molar-refractivity contribution is -0.0416. The lowest BCUT2D eigenvalue weighted by Crippen LogP contribution is -2.02. The highest BCUT2D eigenvalue weighted by atomic mass is 32.2. The molecule has 0 saturated heterocycles. The van der Waals surface area contributed by atoms with Crippen molar-refractivity contribution in [2.45, 2.75) is 11.2 Å². The predicted octanol–water partition coefficient (Wildman–Crippen LogP) is -0.0220. The molecule has 0 bridgehead atoms. The number of rotatable bonds is 2. The van der Waals surface area contributed by atoms with Gasteiger partial charge in [0, 0.05) is 0 Å². The molecule has 5 nitrogen and oxygen atoms in total. The molecule has 0 amide bonds. The molecular weight excluding hydrogens is 204 g/mol. The molecule has 68 valence electrons. The van der Waals surface area contributed by atoms with Crippen LogP contribution in [0.3, 0.4) is 0 Å². The smallest absolute Gasteiger partial charge is 0.295 e. The Balaban J connectivity index is 3.26. The van der Waals surface area contributed by atoms with Crippen LogP contribution in [0.25, 0.3) is 0 Å². The third-order valence-electron chi connectivity index (χ3n) is 1.17. The van der Waals surface area contributed by atoms with E-state index in [1.165, 1.54) is 5.38 Å². The van der Waals surface area contributed by atoms with Gasteiger partial charge in [0.25, 0.3) is 10.1 Å². The first kappa shape index (κ1) is 9.62. The number of aliphatic hydroxyl groups excluding tert-OH is 1. The van der Waals surface area contributed by atoms with Crippen molar-refractivity contribution in [2.75, 3.05) is 0 Å². The zero-order valence-corrected chi connectivity index (χ0v) is 7.34. The summed E-state index contributed by atoms with van der Waals surface area (Å²) in [4.78, 5) is -0.639. The van der Waals surface area contributed by atoms with Gasteiger partial charge >= 0.3 is 0 Å². The molecule has 0 aromatic carbocycles. The average Bonchev–Trinajstić information content (AvgIpc) is 2.30. The van der Waals surface area contributed by atoms with Gasteiger partial charge in [0.05, 0.1) is 4.88 Å². The van der Waals surface area contributed by atoms with Crippen molar-refractivity contribution in [3.8, 4) is 0 Å². The number of hydrogen-bond donors (Lipinski definition) is 3. The van der Waals surface area contributed by atoms with Gasteiger partial charge in [-0.2, -0.15) is 8.42 Å². The quantitative estimate of drug-likeness (QED) is 0.471. The van der Waals surface area contributed by atoms with Crippen molar-refractivity contribution in [1.82, 2.24) is 0 Å². The highest BCUT2D eigenvalue weighted by molar-refractivity contribution is 7.86. The van der Waals surface area contributed by atoms with Crippen LogP contribution >= 0.6 is 11.3 Å². The fraction of sp³-hybridized carbons (Fsp3) is 0.200. The third kappa shape index (κ3) is 1.82. The molecule has 0 aliphatic heterocycles. The number of thiophene rings is 1. The first-order valence-electron chi connectivity index (χ1n) is 2.84. The Morgan fingerprint density at radius 2 is 2.00 bits per heavy atom. The van der Waals surface area contributed by atoms with Crippen LogP contribution in [0.4, 0.5) is 0 Å². The summed E-state index contributed by atoms with van der Waals surface area (Å²) in [7, 11) is -4.34. The monoisotopic (exact) mass is 210 g/mol. The molecule has 0 unspecified atom stereocenters. The molecule has 1 aromatic heterocycles. The summed E-state index contributed by atoms with van der Waals surface area (Å²) in [6.07, 6.45) is -1.87. The SMILES string of the molecule is O=S(=O)(O)c1ccsc1C(O)O. The van der Waals surface area contributed by atoms with Gasteiger partial charge in [0.15, 0.2) is 6.29 Å². The molecule has 3 N–H and O–H groups in total. The molecule has 7 heteroatoms. The summed E-state index contributed by atoms with van der Waals surface area (Å²) in [5.41, 5.74) is 0. The van der Waals surface area contributed by atoms with E-state index in [1.807, 2.05) is 0 Å². The lowest BCUT2D eigenvalue weighted by atomic mass is 10.4. The molecule has 0 fully saturated rings. The Hall–Kier alpha value is -0.470. The van der Waals surface area contributed by atoms with E-state index in [1.54, 1.807) is 0 Å². The zero-order valence-electron chi connectivity index (χ0n) is 5.71. The van der Waals surface area contributed by atoms with Gasteiger partial charge in [0.2, 0.25) is 0 Å². The fourth-order valence-corrected chi connectivity index (χ4v) is 2.51. The van der Waals surface area contributed by atoms with Crippen LogP contribution in [0, 0.1) is 0 Å². The van der Waals surface area contributed by atoms with Crippen molar-refractivity contribution in [1.29, 1.82) is 0 Å². The van der Waals surface area contributed by atoms with Crippen LogP contribution in [-0.4, -0.2) is 23.2 Å². The predicted molar refractivity (Wildman–Crippen MR) is 41.3 cm³/mol. The largest absolute Gasteiger partial charge is 0.364 e. The highest BCUT2D eigenvalue weighted by Crippen LogP contribution is 2.26. The van der Waals surface area contributed by atoms with Gasteiger partial charge in [-0.1, -0.05) is 0 Å². The van der Waals surface area contributed by atoms with E-state index in [4.69, 9.17) is 14.8 Å². The molecule has 0 spiro atoms. The van der Waals surface area contributed by atoms with Crippen molar-refractivity contribution in [2.24, 2.45) is 0 Å². The summed E-state index contributed by atoms with van der Waals surface area (Å²) in [6.45, 7) is 0. The second-order valence-electron chi connectivity index (χ2n) is 2.00. The van der Waals surface area contributed by atoms with Crippen LogP contribution < -0.4 is 0 Å². The normalized spacial score (nSPS) is 12.3. The van der Waals surface area contributed by atoms with E-state index in [9.17, 15) is 8.42 Å². The summed E-state index contributed by atoms with van der Waals surface area (Å²) in [6, 6.07) is 1.11. The molecule has 1 rings (SSSR count). The molecule has 0 aliphatic carbocycles. The van der Waals surface area contributed by atoms with E-state index >= 15 is 0 Å². The molecular formula is C5H6O5S2. The Bertz CT molecular complexity index is 363. The number of hydrogen-bond acceptors (Lipinski definition) is 5. The Labute approximate surface area is 72.7 Å². The van der Waals surface area contributed by atoms with Gasteiger partial charge in [-0.25, -0.2) is 0 Å². The minimum absolute atomic E-state index is 0.183. The van der Waals surface area contributed by atoms with Gasteiger partial charge in [-0.05, 0) is 11.4 Å². The van der Waals surface area contributed by atoms with Gasteiger partial charge in [-0.3, -0.25) is 4.55 Å². The van der Waals surface area contributed by atoms with Crippen molar-refractivity contribution < 1.29 is 23.2 Å². The van der Waals surface area contributed by atoms with E-state index in [0.717, 1.165) is 17.4 Å². The van der Waals surface area contributed by atoms with E-state index < -0.39 is 21.3 Å². The second kappa shape index (κ2) is 3.11. The molecule has 0 atom stereocenters.